The van der Waals surface area contributed by atoms with Crippen molar-refractivity contribution in [1.82, 2.24) is 0 Å². The number of aliphatic carboxylic acids is 1. The Morgan fingerprint density at radius 1 is 0.694 bits per heavy atom. The van der Waals surface area contributed by atoms with Gasteiger partial charge in [0.05, 0.1) is 5.71 Å². The van der Waals surface area contributed by atoms with E-state index < -0.39 is 12.0 Å². The number of benzene rings is 4. The zero-order valence-electron chi connectivity index (χ0n) is 19.8. The summed E-state index contributed by atoms with van der Waals surface area (Å²) in [5.74, 6) is -0.525. The lowest BCUT2D eigenvalue weighted by Gasteiger charge is -2.13. The third-order valence-corrected chi connectivity index (χ3v) is 5.73. The van der Waals surface area contributed by atoms with Gasteiger partial charge in [0.25, 0.3) is 0 Å². The van der Waals surface area contributed by atoms with E-state index in [0.717, 1.165) is 16.7 Å². The molecule has 0 spiro atoms. The molecule has 4 rings (SSSR count). The highest BCUT2D eigenvalue weighted by molar-refractivity contribution is 6.13. The predicted octanol–water partition coefficient (Wildman–Crippen LogP) is 6.22. The monoisotopic (exact) mass is 477 g/mol. The topological polar surface area (TPSA) is 76.0 Å². The minimum atomic E-state index is -1.06. The molecule has 5 heteroatoms. The quantitative estimate of drug-likeness (QED) is 0.206. The van der Waals surface area contributed by atoms with Crippen LogP contribution in [0.1, 0.15) is 39.9 Å². The van der Waals surface area contributed by atoms with E-state index in [1.54, 1.807) is 24.3 Å². The van der Waals surface area contributed by atoms with Crippen LogP contribution in [0.4, 0.5) is 0 Å². The van der Waals surface area contributed by atoms with E-state index in [1.807, 2.05) is 91.0 Å². The van der Waals surface area contributed by atoms with E-state index in [4.69, 9.17) is 4.74 Å². The van der Waals surface area contributed by atoms with Crippen molar-refractivity contribution in [2.24, 2.45) is 4.99 Å². The van der Waals surface area contributed by atoms with Crippen molar-refractivity contribution in [3.05, 3.63) is 138 Å². The molecule has 4 aromatic carbocycles. The van der Waals surface area contributed by atoms with Crippen LogP contribution in [0.15, 0.2) is 120 Å². The molecule has 0 fully saturated rings. The van der Waals surface area contributed by atoms with Gasteiger partial charge in [0.2, 0.25) is 0 Å². The second kappa shape index (κ2) is 12.3. The van der Waals surface area contributed by atoms with Crippen LogP contribution in [0.3, 0.4) is 0 Å². The van der Waals surface area contributed by atoms with Gasteiger partial charge in [0, 0.05) is 23.1 Å². The normalized spacial score (nSPS) is 11.3. The molecule has 0 amide bonds. The van der Waals surface area contributed by atoms with Crippen molar-refractivity contribution in [1.29, 1.82) is 0 Å². The lowest BCUT2D eigenvalue weighted by molar-refractivity contribution is -0.138. The molecule has 0 heterocycles. The summed E-state index contributed by atoms with van der Waals surface area (Å²) >= 11 is 0. The van der Waals surface area contributed by atoms with Gasteiger partial charge in [0.1, 0.15) is 18.4 Å². The van der Waals surface area contributed by atoms with E-state index in [9.17, 15) is 14.7 Å². The molecule has 0 aliphatic rings. The summed E-state index contributed by atoms with van der Waals surface area (Å²) < 4.78 is 5.78. The van der Waals surface area contributed by atoms with Gasteiger partial charge < -0.3 is 9.84 Å². The van der Waals surface area contributed by atoms with Crippen LogP contribution in [0, 0.1) is 0 Å². The highest BCUT2D eigenvalue weighted by Gasteiger charge is 2.20. The minimum absolute atomic E-state index is 0.0710. The maximum atomic E-state index is 12.8. The number of carbonyl (C=O) groups excluding carboxylic acids is 1. The number of hydrogen-bond acceptors (Lipinski definition) is 4. The molecular formula is C31H27NO4. The molecule has 1 N–H and O–H groups in total. The fraction of sp³-hybridized carbons (Fsp3) is 0.129. The number of ketones is 1. The summed E-state index contributed by atoms with van der Waals surface area (Å²) in [7, 11) is 0. The molecule has 0 aliphatic carbocycles. The number of carboxylic acid groups (broad SMARTS) is 1. The Bertz CT molecular complexity index is 1260. The molecule has 180 valence electrons. The summed E-state index contributed by atoms with van der Waals surface area (Å²) in [4.78, 5) is 29.4. The van der Waals surface area contributed by atoms with Crippen LogP contribution in [0.5, 0.6) is 5.75 Å². The first-order chi connectivity index (χ1) is 17.6. The number of Topliss-reactive ketones (excluding diaryl/α,β-unsaturated/α-hetero) is 1. The van der Waals surface area contributed by atoms with Gasteiger partial charge in [-0.3, -0.25) is 9.79 Å². The summed E-state index contributed by atoms with van der Waals surface area (Å²) in [6.07, 6.45) is 0.172. The van der Waals surface area contributed by atoms with E-state index in [0.29, 0.717) is 23.6 Å². The molecule has 36 heavy (non-hydrogen) atoms. The Balaban J connectivity index is 1.43. The summed E-state index contributed by atoms with van der Waals surface area (Å²) in [6, 6.07) is 34.7. The number of carboxylic acids is 1. The zero-order chi connectivity index (χ0) is 25.2. The maximum Gasteiger partial charge on any atom is 0.328 e. The van der Waals surface area contributed by atoms with E-state index >= 15 is 0 Å². The van der Waals surface area contributed by atoms with Gasteiger partial charge in [-0.2, -0.15) is 0 Å². The summed E-state index contributed by atoms with van der Waals surface area (Å²) in [5.41, 5.74) is 3.82. The molecule has 0 aliphatic heterocycles. The molecule has 0 aromatic heterocycles. The van der Waals surface area contributed by atoms with E-state index in [1.165, 1.54) is 0 Å². The SMILES string of the molecule is O=C(CC[C@@H](N=C(c1ccccc1)c1ccccc1)C(=O)O)c1ccc(OCc2ccccc2)cc1. The Hall–Kier alpha value is -4.51. The average molecular weight is 478 g/mol. The van der Waals surface area contributed by atoms with Crippen LogP contribution in [-0.4, -0.2) is 28.6 Å². The molecule has 0 saturated carbocycles. The third kappa shape index (κ3) is 6.76. The van der Waals surface area contributed by atoms with Gasteiger partial charge in [-0.25, -0.2) is 4.79 Å². The summed E-state index contributed by atoms with van der Waals surface area (Å²) in [6.45, 7) is 0.442. The maximum absolute atomic E-state index is 12.8. The largest absolute Gasteiger partial charge is 0.489 e. The zero-order valence-corrected chi connectivity index (χ0v) is 19.8. The van der Waals surface area contributed by atoms with Crippen molar-refractivity contribution < 1.29 is 19.4 Å². The van der Waals surface area contributed by atoms with Crippen molar-refractivity contribution in [3.63, 3.8) is 0 Å². The number of nitrogens with zero attached hydrogens (tertiary/aromatic N) is 1. The highest BCUT2D eigenvalue weighted by atomic mass is 16.5. The molecule has 0 bridgehead atoms. The van der Waals surface area contributed by atoms with Gasteiger partial charge >= 0.3 is 5.97 Å². The lowest BCUT2D eigenvalue weighted by Crippen LogP contribution is -2.22. The van der Waals surface area contributed by atoms with Crippen molar-refractivity contribution in [3.8, 4) is 5.75 Å². The number of hydrogen-bond donors (Lipinski definition) is 1. The van der Waals surface area contributed by atoms with Gasteiger partial charge in [-0.1, -0.05) is 91.0 Å². The fourth-order valence-electron chi connectivity index (χ4n) is 3.80. The van der Waals surface area contributed by atoms with Crippen LogP contribution in [0.2, 0.25) is 0 Å². The minimum Gasteiger partial charge on any atom is -0.489 e. The van der Waals surface area contributed by atoms with E-state index in [-0.39, 0.29) is 18.6 Å². The van der Waals surface area contributed by atoms with Crippen LogP contribution >= 0.6 is 0 Å². The molecule has 0 saturated heterocycles. The number of rotatable bonds is 11. The van der Waals surface area contributed by atoms with Crippen LogP contribution in [0.25, 0.3) is 0 Å². The third-order valence-electron chi connectivity index (χ3n) is 5.73. The van der Waals surface area contributed by atoms with Crippen LogP contribution in [-0.2, 0) is 11.4 Å². The second-order valence-corrected chi connectivity index (χ2v) is 8.32. The Kier molecular flexibility index (Phi) is 8.39. The molecule has 0 unspecified atom stereocenters. The second-order valence-electron chi connectivity index (χ2n) is 8.32. The molecular weight excluding hydrogens is 450 g/mol. The average Bonchev–Trinajstić information content (AvgIpc) is 2.93. The first-order valence-corrected chi connectivity index (χ1v) is 11.8. The Morgan fingerprint density at radius 2 is 1.22 bits per heavy atom. The molecule has 1 atom stereocenters. The first kappa shape index (κ1) is 24.6. The predicted molar refractivity (Wildman–Crippen MR) is 141 cm³/mol. The highest BCUT2D eigenvalue weighted by Crippen LogP contribution is 2.18. The standard InChI is InChI=1S/C31H27NO4/c33-29(24-16-18-27(19-17-24)36-22-23-10-4-1-5-11-23)21-20-28(31(34)35)32-30(25-12-6-2-7-13-25)26-14-8-3-9-15-26/h1-19,28H,20-22H2,(H,34,35)/t28-/m1/s1. The molecule has 4 aromatic rings. The van der Waals surface area contributed by atoms with Crippen molar-refractivity contribution in [2.75, 3.05) is 0 Å². The number of aliphatic imine (C=N–C) groups is 1. The number of ether oxygens (including phenoxy) is 1. The van der Waals surface area contributed by atoms with Gasteiger partial charge in [0.15, 0.2) is 5.78 Å². The van der Waals surface area contributed by atoms with Crippen molar-refractivity contribution >= 4 is 17.5 Å². The molecule has 5 nitrogen and oxygen atoms in total. The van der Waals surface area contributed by atoms with E-state index in [2.05, 4.69) is 4.99 Å². The first-order valence-electron chi connectivity index (χ1n) is 11.8. The number of carbonyl (C=O) groups is 2. The summed E-state index contributed by atoms with van der Waals surface area (Å²) in [5, 5.41) is 9.85. The van der Waals surface area contributed by atoms with Gasteiger partial charge in [-0.05, 0) is 36.2 Å². The van der Waals surface area contributed by atoms with Crippen LogP contribution < -0.4 is 4.74 Å². The lowest BCUT2D eigenvalue weighted by atomic mass is 10.00. The van der Waals surface area contributed by atoms with Crippen molar-refractivity contribution in [2.45, 2.75) is 25.5 Å². The Morgan fingerprint density at radius 3 is 1.75 bits per heavy atom. The fourth-order valence-corrected chi connectivity index (χ4v) is 3.80. The molecule has 0 radical (unpaired) electrons. The smallest absolute Gasteiger partial charge is 0.328 e. The van der Waals surface area contributed by atoms with Gasteiger partial charge in [-0.15, -0.1) is 0 Å². The Labute approximate surface area is 210 Å².